The van der Waals surface area contributed by atoms with Gasteiger partial charge in [0.15, 0.2) is 0 Å². The largest absolute Gasteiger partial charge is 0.324 e. The van der Waals surface area contributed by atoms with E-state index in [1.54, 1.807) is 11.0 Å². The summed E-state index contributed by atoms with van der Waals surface area (Å²) in [4.78, 5) is 26.1. The summed E-state index contributed by atoms with van der Waals surface area (Å²) in [5.74, 6) is -0.00684. The van der Waals surface area contributed by atoms with E-state index in [0.29, 0.717) is 17.7 Å². The second kappa shape index (κ2) is 6.88. The third kappa shape index (κ3) is 3.24. The van der Waals surface area contributed by atoms with Crippen LogP contribution in [0.25, 0.3) is 5.69 Å². The van der Waals surface area contributed by atoms with E-state index in [9.17, 15) is 9.59 Å². The van der Waals surface area contributed by atoms with E-state index in [-0.39, 0.29) is 11.8 Å². The Morgan fingerprint density at radius 2 is 1.69 bits per heavy atom. The lowest BCUT2D eigenvalue weighted by Crippen LogP contribution is -2.23. The Hall–Kier alpha value is -3.34. The van der Waals surface area contributed by atoms with Crippen molar-refractivity contribution in [3.8, 4) is 5.69 Å². The molecule has 0 atom stereocenters. The maximum absolute atomic E-state index is 12.5. The van der Waals surface area contributed by atoms with Crippen LogP contribution >= 0.6 is 0 Å². The van der Waals surface area contributed by atoms with Gasteiger partial charge in [-0.15, -0.1) is 0 Å². The number of nitrogens with zero attached hydrogens (tertiary/aromatic N) is 2. The fourth-order valence-corrected chi connectivity index (χ4v) is 3.16. The SMILES string of the molecule is O=C(Nc1ccc(N2CCCC2=O)cc1)c1cccc(-n2cccc2)c1. The molecule has 0 bridgehead atoms. The monoisotopic (exact) mass is 345 g/mol. The van der Waals surface area contributed by atoms with E-state index in [1.165, 1.54) is 0 Å². The van der Waals surface area contributed by atoms with E-state index >= 15 is 0 Å². The molecule has 1 aliphatic rings. The lowest BCUT2D eigenvalue weighted by molar-refractivity contribution is -0.117. The first-order valence-electron chi connectivity index (χ1n) is 8.66. The third-order valence-corrected chi connectivity index (χ3v) is 4.52. The van der Waals surface area contributed by atoms with Crippen LogP contribution in [0, 0.1) is 0 Å². The average Bonchev–Trinajstić information content (AvgIpc) is 3.34. The number of aromatic nitrogens is 1. The highest BCUT2D eigenvalue weighted by Crippen LogP contribution is 2.23. The maximum Gasteiger partial charge on any atom is 0.255 e. The molecule has 1 fully saturated rings. The molecule has 0 saturated carbocycles. The van der Waals surface area contributed by atoms with Gasteiger partial charge in [0.05, 0.1) is 0 Å². The van der Waals surface area contributed by atoms with Crippen molar-refractivity contribution in [2.75, 3.05) is 16.8 Å². The van der Waals surface area contributed by atoms with E-state index < -0.39 is 0 Å². The van der Waals surface area contributed by atoms with Gasteiger partial charge in [0, 0.05) is 48.0 Å². The number of nitrogens with one attached hydrogen (secondary N) is 1. The molecule has 0 unspecified atom stereocenters. The molecule has 0 radical (unpaired) electrons. The molecule has 130 valence electrons. The molecule has 5 nitrogen and oxygen atoms in total. The molecule has 0 aliphatic carbocycles. The first-order valence-corrected chi connectivity index (χ1v) is 8.66. The zero-order valence-electron chi connectivity index (χ0n) is 14.3. The third-order valence-electron chi connectivity index (χ3n) is 4.52. The number of benzene rings is 2. The van der Waals surface area contributed by atoms with Gasteiger partial charge in [-0.05, 0) is 61.0 Å². The quantitative estimate of drug-likeness (QED) is 0.781. The minimum absolute atomic E-state index is 0.156. The van der Waals surface area contributed by atoms with Gasteiger partial charge in [0.25, 0.3) is 5.91 Å². The van der Waals surface area contributed by atoms with E-state index in [2.05, 4.69) is 5.32 Å². The van der Waals surface area contributed by atoms with Gasteiger partial charge in [-0.2, -0.15) is 0 Å². The Balaban J connectivity index is 1.48. The van der Waals surface area contributed by atoms with E-state index in [1.807, 2.05) is 71.6 Å². The van der Waals surface area contributed by atoms with Crippen LogP contribution in [0.15, 0.2) is 73.1 Å². The van der Waals surface area contributed by atoms with Crippen LogP contribution in [0.4, 0.5) is 11.4 Å². The van der Waals surface area contributed by atoms with Crippen LogP contribution in [-0.2, 0) is 4.79 Å². The number of anilines is 2. The molecule has 0 spiro atoms. The fourth-order valence-electron chi connectivity index (χ4n) is 3.16. The standard InChI is InChI=1S/C21H19N3O2/c25-20-7-4-14-24(20)18-10-8-17(9-11-18)22-21(26)16-5-3-6-19(15-16)23-12-1-2-13-23/h1-3,5-6,8-13,15H,4,7,14H2,(H,22,26). The van der Waals surface area contributed by atoms with Gasteiger partial charge >= 0.3 is 0 Å². The van der Waals surface area contributed by atoms with Crippen molar-refractivity contribution in [2.24, 2.45) is 0 Å². The fraction of sp³-hybridized carbons (Fsp3) is 0.143. The lowest BCUT2D eigenvalue weighted by Gasteiger charge is -2.16. The molecule has 2 aromatic carbocycles. The summed E-state index contributed by atoms with van der Waals surface area (Å²) >= 11 is 0. The van der Waals surface area contributed by atoms with Crippen molar-refractivity contribution in [1.82, 2.24) is 4.57 Å². The molecule has 1 N–H and O–H groups in total. The molecule has 3 aromatic rings. The molecule has 1 saturated heterocycles. The molecule has 2 amide bonds. The van der Waals surface area contributed by atoms with Crippen LogP contribution in [0.1, 0.15) is 23.2 Å². The molecule has 26 heavy (non-hydrogen) atoms. The molecular formula is C21H19N3O2. The van der Waals surface area contributed by atoms with Gasteiger partial charge in [0.2, 0.25) is 5.91 Å². The summed E-state index contributed by atoms with van der Waals surface area (Å²) in [6, 6.07) is 18.8. The summed E-state index contributed by atoms with van der Waals surface area (Å²) in [6.07, 6.45) is 5.38. The number of rotatable bonds is 4. The number of carbonyl (C=O) groups is 2. The first kappa shape index (κ1) is 16.1. The van der Waals surface area contributed by atoms with Gasteiger partial charge in [-0.1, -0.05) is 6.07 Å². The molecule has 5 heteroatoms. The van der Waals surface area contributed by atoms with Crippen LogP contribution in [-0.4, -0.2) is 22.9 Å². The second-order valence-corrected chi connectivity index (χ2v) is 6.29. The van der Waals surface area contributed by atoms with Crippen LogP contribution in [0.3, 0.4) is 0 Å². The number of hydrogen-bond acceptors (Lipinski definition) is 2. The van der Waals surface area contributed by atoms with Gasteiger partial charge in [0.1, 0.15) is 0 Å². The van der Waals surface area contributed by atoms with Crippen molar-refractivity contribution < 1.29 is 9.59 Å². The van der Waals surface area contributed by atoms with E-state index in [0.717, 1.165) is 24.3 Å². The van der Waals surface area contributed by atoms with Crippen molar-refractivity contribution in [3.63, 3.8) is 0 Å². The topological polar surface area (TPSA) is 54.3 Å². The summed E-state index contributed by atoms with van der Waals surface area (Å²) < 4.78 is 1.96. The smallest absolute Gasteiger partial charge is 0.255 e. The summed E-state index contributed by atoms with van der Waals surface area (Å²) in [5, 5.41) is 2.91. The summed E-state index contributed by atoms with van der Waals surface area (Å²) in [7, 11) is 0. The zero-order valence-corrected chi connectivity index (χ0v) is 14.3. The molecule has 4 rings (SSSR count). The molecule has 1 aromatic heterocycles. The van der Waals surface area contributed by atoms with Crippen molar-refractivity contribution in [2.45, 2.75) is 12.8 Å². The number of hydrogen-bond donors (Lipinski definition) is 1. The maximum atomic E-state index is 12.5. The Labute approximate surface area is 151 Å². The van der Waals surface area contributed by atoms with Gasteiger partial charge in [-0.3, -0.25) is 9.59 Å². The number of carbonyl (C=O) groups excluding carboxylic acids is 2. The number of amides is 2. The highest BCUT2D eigenvalue weighted by Gasteiger charge is 2.21. The van der Waals surface area contributed by atoms with Crippen molar-refractivity contribution in [1.29, 1.82) is 0 Å². The van der Waals surface area contributed by atoms with Gasteiger partial charge in [-0.25, -0.2) is 0 Å². The van der Waals surface area contributed by atoms with Gasteiger partial charge < -0.3 is 14.8 Å². The van der Waals surface area contributed by atoms with Crippen LogP contribution < -0.4 is 10.2 Å². The van der Waals surface area contributed by atoms with E-state index in [4.69, 9.17) is 0 Å². The molecular weight excluding hydrogens is 326 g/mol. The van der Waals surface area contributed by atoms with Crippen molar-refractivity contribution in [3.05, 3.63) is 78.6 Å². The zero-order chi connectivity index (χ0) is 17.9. The predicted octanol–water partition coefficient (Wildman–Crippen LogP) is 3.86. The van der Waals surface area contributed by atoms with Crippen LogP contribution in [0.5, 0.6) is 0 Å². The highest BCUT2D eigenvalue weighted by atomic mass is 16.2. The summed E-state index contributed by atoms with van der Waals surface area (Å²) in [6.45, 7) is 0.761. The Kier molecular flexibility index (Phi) is 4.27. The Bertz CT molecular complexity index is 930. The molecule has 1 aliphatic heterocycles. The lowest BCUT2D eigenvalue weighted by atomic mass is 10.1. The highest BCUT2D eigenvalue weighted by molar-refractivity contribution is 6.04. The first-order chi connectivity index (χ1) is 12.7. The van der Waals surface area contributed by atoms with Crippen LogP contribution in [0.2, 0.25) is 0 Å². The second-order valence-electron chi connectivity index (χ2n) is 6.29. The van der Waals surface area contributed by atoms with Crippen molar-refractivity contribution >= 4 is 23.2 Å². The summed E-state index contributed by atoms with van der Waals surface area (Å²) in [5.41, 5.74) is 3.11. The normalized spacial score (nSPS) is 13.8. The average molecular weight is 345 g/mol. The molecule has 2 heterocycles. The predicted molar refractivity (Wildman–Crippen MR) is 102 cm³/mol. The minimum atomic E-state index is -0.163. The Morgan fingerprint density at radius 3 is 2.38 bits per heavy atom. The minimum Gasteiger partial charge on any atom is -0.324 e. The Morgan fingerprint density at radius 1 is 0.923 bits per heavy atom.